The number of benzene rings is 2. The van der Waals surface area contributed by atoms with Gasteiger partial charge in [-0.15, -0.1) is 0 Å². The van der Waals surface area contributed by atoms with Gasteiger partial charge in [0, 0.05) is 12.1 Å². The first-order chi connectivity index (χ1) is 11.4. The minimum absolute atomic E-state index is 0.189. The molecule has 0 radical (unpaired) electrons. The van der Waals surface area contributed by atoms with Gasteiger partial charge in [0.15, 0.2) is 0 Å². The number of carbonyl (C=O) groups is 2. The molecule has 0 aliphatic heterocycles. The highest BCUT2D eigenvalue weighted by molar-refractivity contribution is 6.00. The number of carboxylic acid groups (broad SMARTS) is 1. The summed E-state index contributed by atoms with van der Waals surface area (Å²) in [7, 11) is 0. The van der Waals surface area contributed by atoms with Crippen molar-refractivity contribution in [2.45, 2.75) is 31.8 Å². The largest absolute Gasteiger partial charge is 0.478 e. The zero-order valence-electron chi connectivity index (χ0n) is 13.6. The van der Waals surface area contributed by atoms with E-state index in [0.717, 1.165) is 23.6 Å². The van der Waals surface area contributed by atoms with E-state index in [1.165, 1.54) is 6.07 Å². The first-order valence-electron chi connectivity index (χ1n) is 8.14. The van der Waals surface area contributed by atoms with Gasteiger partial charge in [-0.25, -0.2) is 4.79 Å². The fraction of sp³-hybridized carbons (Fsp3) is 0.368. The molecule has 1 unspecified atom stereocenters. The molecule has 3 rings (SSSR count). The molecular weight excluding hydrogens is 306 g/mol. The lowest BCUT2D eigenvalue weighted by Gasteiger charge is -2.22. The summed E-state index contributed by atoms with van der Waals surface area (Å²) >= 11 is 0. The number of fused-ring (bicyclic) bond motifs is 1. The van der Waals surface area contributed by atoms with Crippen LogP contribution in [0.1, 0.15) is 46.9 Å². The summed E-state index contributed by atoms with van der Waals surface area (Å²) in [4.78, 5) is 23.2. The molecule has 24 heavy (non-hydrogen) atoms. The Morgan fingerprint density at radius 1 is 1.12 bits per heavy atom. The average molecular weight is 327 g/mol. The van der Waals surface area contributed by atoms with Crippen molar-refractivity contribution in [1.82, 2.24) is 5.32 Å². The Bertz CT molecular complexity index is 793. The Morgan fingerprint density at radius 2 is 1.71 bits per heavy atom. The highest BCUT2D eigenvalue weighted by atomic mass is 16.4. The standard InChI is InChI=1S/C19H21NO4/c1-19(24,16-6-7-16)8-9-20-17(21)14-4-2-13-11-15(18(22)23)5-3-12(13)10-14/h2-5,10-11,16,24H,6-9H2,1H3,(H,20,21)(H,22,23). The van der Waals surface area contributed by atoms with Crippen LogP contribution in [0.3, 0.4) is 0 Å². The molecule has 2 aromatic rings. The quantitative estimate of drug-likeness (QED) is 0.761. The van der Waals surface area contributed by atoms with E-state index in [2.05, 4.69) is 5.32 Å². The van der Waals surface area contributed by atoms with Crippen LogP contribution >= 0.6 is 0 Å². The smallest absolute Gasteiger partial charge is 0.335 e. The van der Waals surface area contributed by atoms with Crippen LogP contribution < -0.4 is 5.32 Å². The maximum Gasteiger partial charge on any atom is 0.335 e. The van der Waals surface area contributed by atoms with Gasteiger partial charge < -0.3 is 15.5 Å². The number of hydrogen-bond acceptors (Lipinski definition) is 3. The fourth-order valence-electron chi connectivity index (χ4n) is 2.96. The topological polar surface area (TPSA) is 86.6 Å². The molecule has 2 aromatic carbocycles. The molecule has 1 aliphatic carbocycles. The molecule has 126 valence electrons. The molecule has 0 heterocycles. The van der Waals surface area contributed by atoms with E-state index < -0.39 is 11.6 Å². The monoisotopic (exact) mass is 327 g/mol. The molecule has 1 saturated carbocycles. The van der Waals surface area contributed by atoms with E-state index >= 15 is 0 Å². The van der Waals surface area contributed by atoms with Gasteiger partial charge in [-0.2, -0.15) is 0 Å². The summed E-state index contributed by atoms with van der Waals surface area (Å²) in [5.74, 6) is -0.800. The molecular formula is C19H21NO4. The van der Waals surface area contributed by atoms with Crippen molar-refractivity contribution in [1.29, 1.82) is 0 Å². The van der Waals surface area contributed by atoms with E-state index in [1.54, 1.807) is 30.3 Å². The van der Waals surface area contributed by atoms with Crippen LogP contribution in [0, 0.1) is 5.92 Å². The predicted octanol–water partition coefficient (Wildman–Crippen LogP) is 2.82. The van der Waals surface area contributed by atoms with Crippen LogP contribution in [-0.2, 0) is 0 Å². The molecule has 1 aliphatic rings. The Balaban J connectivity index is 1.66. The van der Waals surface area contributed by atoms with E-state index in [9.17, 15) is 14.7 Å². The molecule has 1 fully saturated rings. The molecule has 0 spiro atoms. The first-order valence-corrected chi connectivity index (χ1v) is 8.14. The summed E-state index contributed by atoms with van der Waals surface area (Å²) in [6.07, 6.45) is 2.66. The second-order valence-corrected chi connectivity index (χ2v) is 6.72. The third kappa shape index (κ3) is 3.57. The van der Waals surface area contributed by atoms with E-state index in [-0.39, 0.29) is 11.5 Å². The Hall–Kier alpha value is -2.40. The lowest BCUT2D eigenvalue weighted by atomic mass is 9.96. The van der Waals surface area contributed by atoms with Gasteiger partial charge in [-0.1, -0.05) is 12.1 Å². The molecule has 0 saturated heterocycles. The third-order valence-corrected chi connectivity index (χ3v) is 4.72. The van der Waals surface area contributed by atoms with Crippen LogP contribution in [0.25, 0.3) is 10.8 Å². The molecule has 0 bridgehead atoms. The molecule has 5 nitrogen and oxygen atoms in total. The number of nitrogens with one attached hydrogen (secondary N) is 1. The minimum Gasteiger partial charge on any atom is -0.478 e. The van der Waals surface area contributed by atoms with Crippen molar-refractivity contribution >= 4 is 22.6 Å². The van der Waals surface area contributed by atoms with E-state index in [0.29, 0.717) is 24.4 Å². The first kappa shape index (κ1) is 16.5. The number of aliphatic hydroxyl groups is 1. The van der Waals surface area contributed by atoms with Crippen molar-refractivity contribution in [3.8, 4) is 0 Å². The number of hydrogen-bond donors (Lipinski definition) is 3. The summed E-state index contributed by atoms with van der Waals surface area (Å²) < 4.78 is 0. The highest BCUT2D eigenvalue weighted by Gasteiger charge is 2.39. The van der Waals surface area contributed by atoms with Crippen LogP contribution in [0.4, 0.5) is 0 Å². The number of carbonyl (C=O) groups excluding carboxylic acids is 1. The zero-order chi connectivity index (χ0) is 17.3. The molecule has 5 heteroatoms. The average Bonchev–Trinajstić information content (AvgIpc) is 3.39. The summed E-state index contributed by atoms with van der Waals surface area (Å²) in [5.41, 5.74) is 0.0443. The van der Waals surface area contributed by atoms with Gasteiger partial charge in [-0.3, -0.25) is 4.79 Å². The number of aromatic carboxylic acids is 1. The maximum atomic E-state index is 12.2. The SMILES string of the molecule is CC(O)(CCNC(=O)c1ccc2cc(C(=O)O)ccc2c1)C1CC1. The van der Waals surface area contributed by atoms with Gasteiger partial charge in [0.05, 0.1) is 11.2 Å². The summed E-state index contributed by atoms with van der Waals surface area (Å²) in [6, 6.07) is 9.99. The minimum atomic E-state index is -0.971. The van der Waals surface area contributed by atoms with Crippen molar-refractivity contribution in [2.75, 3.05) is 6.54 Å². The highest BCUT2D eigenvalue weighted by Crippen LogP contribution is 2.40. The number of amides is 1. The molecule has 0 aromatic heterocycles. The van der Waals surface area contributed by atoms with E-state index in [4.69, 9.17) is 5.11 Å². The number of rotatable bonds is 6. The van der Waals surface area contributed by atoms with Crippen molar-refractivity contribution < 1.29 is 19.8 Å². The summed E-state index contributed by atoms with van der Waals surface area (Å²) in [5, 5.41) is 23.7. The number of carboxylic acids is 1. The second kappa shape index (κ2) is 6.24. The van der Waals surface area contributed by atoms with Crippen LogP contribution in [0.15, 0.2) is 36.4 Å². The molecule has 1 amide bonds. The van der Waals surface area contributed by atoms with Crippen LogP contribution in [0.5, 0.6) is 0 Å². The second-order valence-electron chi connectivity index (χ2n) is 6.72. The van der Waals surface area contributed by atoms with Gasteiger partial charge in [-0.05, 0) is 67.1 Å². The van der Waals surface area contributed by atoms with Gasteiger partial charge in [0.25, 0.3) is 5.91 Å². The van der Waals surface area contributed by atoms with Crippen LogP contribution in [0.2, 0.25) is 0 Å². The van der Waals surface area contributed by atoms with Gasteiger partial charge >= 0.3 is 5.97 Å². The van der Waals surface area contributed by atoms with Crippen molar-refractivity contribution in [3.05, 3.63) is 47.5 Å². The molecule has 3 N–H and O–H groups in total. The zero-order valence-corrected chi connectivity index (χ0v) is 13.6. The summed E-state index contributed by atoms with van der Waals surface area (Å²) in [6.45, 7) is 2.26. The Kier molecular flexibility index (Phi) is 4.28. The Labute approximate surface area is 140 Å². The van der Waals surface area contributed by atoms with Gasteiger partial charge in [0.2, 0.25) is 0 Å². The fourth-order valence-corrected chi connectivity index (χ4v) is 2.96. The third-order valence-electron chi connectivity index (χ3n) is 4.72. The normalized spacial score (nSPS) is 16.6. The van der Waals surface area contributed by atoms with Crippen molar-refractivity contribution in [2.24, 2.45) is 5.92 Å². The lowest BCUT2D eigenvalue weighted by Crippen LogP contribution is -2.34. The Morgan fingerprint density at radius 3 is 2.29 bits per heavy atom. The van der Waals surface area contributed by atoms with Gasteiger partial charge in [0.1, 0.15) is 0 Å². The predicted molar refractivity (Wildman–Crippen MR) is 91.2 cm³/mol. The maximum absolute atomic E-state index is 12.2. The lowest BCUT2D eigenvalue weighted by molar-refractivity contribution is 0.0284. The molecule has 1 atom stereocenters. The van der Waals surface area contributed by atoms with E-state index in [1.807, 2.05) is 6.92 Å². The van der Waals surface area contributed by atoms with Crippen molar-refractivity contribution in [3.63, 3.8) is 0 Å². The van der Waals surface area contributed by atoms with Crippen LogP contribution in [-0.4, -0.2) is 34.2 Å².